The number of fused-ring (bicyclic) bond motifs is 18. The first-order chi connectivity index (χ1) is 54.8. The van der Waals surface area contributed by atoms with E-state index in [4.69, 9.17) is 0 Å². The van der Waals surface area contributed by atoms with Crippen LogP contribution in [0.1, 0.15) is 11.1 Å². The Balaban J connectivity index is 0.000000146. The zero-order valence-corrected chi connectivity index (χ0v) is 65.6. The average molecular weight is 1490 g/mol. The molecular formula is C103H68KN5O3S. The molecule has 5 aromatic heterocycles. The first-order valence-corrected chi connectivity index (χ1v) is 39.3. The second kappa shape index (κ2) is 27.9. The summed E-state index contributed by atoms with van der Waals surface area (Å²) in [6.07, 6.45) is 0.946. The molecule has 0 bridgehead atoms. The summed E-state index contributed by atoms with van der Waals surface area (Å²) in [7, 11) is -3.99. The fourth-order valence-corrected chi connectivity index (χ4v) is 19.4. The van der Waals surface area contributed by atoms with Crippen LogP contribution in [0.3, 0.4) is 0 Å². The summed E-state index contributed by atoms with van der Waals surface area (Å²) in [6.45, 7) is 0. The summed E-state index contributed by atoms with van der Waals surface area (Å²) >= 11 is 0. The molecule has 10 heteroatoms. The van der Waals surface area contributed by atoms with Crippen molar-refractivity contribution in [3.05, 3.63) is 405 Å². The molecule has 5 heterocycles. The van der Waals surface area contributed by atoms with Crippen LogP contribution in [0.4, 0.5) is 0 Å². The number of hydrogen-bond acceptors (Lipinski definition) is 3. The van der Waals surface area contributed by atoms with Crippen molar-refractivity contribution in [3.63, 3.8) is 0 Å². The van der Waals surface area contributed by atoms with E-state index in [0.717, 1.165) is 94.4 Å². The molecule has 1 aliphatic rings. The molecule has 0 spiro atoms. The zero-order valence-electron chi connectivity index (χ0n) is 61.6. The Hall–Kier alpha value is -12.7. The first-order valence-electron chi connectivity index (χ1n) is 37.8. The molecule has 113 heavy (non-hydrogen) atoms. The third kappa shape index (κ3) is 11.4. The van der Waals surface area contributed by atoms with E-state index in [1.54, 1.807) is 24.3 Å². The van der Waals surface area contributed by atoms with E-state index >= 15 is 0 Å². The molecule has 1 N–H and O–H groups in total. The van der Waals surface area contributed by atoms with Gasteiger partial charge in [0.25, 0.3) is 10.0 Å². The fraction of sp³-hybridized carbons (Fsp3) is 0.00971. The van der Waals surface area contributed by atoms with Crippen LogP contribution >= 0.6 is 0 Å². The van der Waals surface area contributed by atoms with E-state index in [9.17, 15) is 8.42 Å². The Kier molecular flexibility index (Phi) is 17.2. The van der Waals surface area contributed by atoms with Gasteiger partial charge in [0.05, 0.1) is 60.1 Å². The van der Waals surface area contributed by atoms with Crippen molar-refractivity contribution in [2.75, 3.05) is 0 Å². The Morgan fingerprint density at radius 1 is 0.204 bits per heavy atom. The van der Waals surface area contributed by atoms with Gasteiger partial charge in [-0.2, -0.15) is 0 Å². The van der Waals surface area contributed by atoms with Crippen LogP contribution in [-0.2, 0) is 16.4 Å². The number of para-hydroxylation sites is 4. The average Bonchev–Trinajstić information content (AvgIpc) is 1.52. The van der Waals surface area contributed by atoms with Crippen LogP contribution in [-0.4, -0.2) is 36.1 Å². The maximum atomic E-state index is 14.7. The number of aromatic nitrogens is 5. The van der Waals surface area contributed by atoms with Gasteiger partial charge in [-0.25, -0.2) is 12.4 Å². The monoisotopic (exact) mass is 1490 g/mol. The van der Waals surface area contributed by atoms with Crippen LogP contribution in [0.25, 0.3) is 187 Å². The van der Waals surface area contributed by atoms with Crippen molar-refractivity contribution in [3.8, 4) is 78.4 Å². The fourth-order valence-electron chi connectivity index (χ4n) is 17.9. The summed E-state index contributed by atoms with van der Waals surface area (Å²) < 4.78 is 40.6. The van der Waals surface area contributed by atoms with Gasteiger partial charge in [-0.15, -0.1) is 0 Å². The zero-order chi connectivity index (χ0) is 73.4. The summed E-state index contributed by atoms with van der Waals surface area (Å²) in [5.74, 6) is 0. The smallest absolute Gasteiger partial charge is 0.870 e. The molecule has 8 nitrogen and oxygen atoms in total. The van der Waals surface area contributed by atoms with Crippen molar-refractivity contribution in [2.24, 2.45) is 0 Å². The predicted molar refractivity (Wildman–Crippen MR) is 464 cm³/mol. The van der Waals surface area contributed by atoms with Crippen LogP contribution in [0.5, 0.6) is 0 Å². The summed E-state index contributed by atoms with van der Waals surface area (Å²) in [5.41, 5.74) is 29.6. The molecule has 0 saturated carbocycles. The van der Waals surface area contributed by atoms with Gasteiger partial charge in [0, 0.05) is 76.6 Å². The van der Waals surface area contributed by atoms with Crippen molar-refractivity contribution in [1.29, 1.82) is 0 Å². The van der Waals surface area contributed by atoms with Crippen LogP contribution in [0.15, 0.2) is 399 Å². The molecule has 0 unspecified atom stereocenters. The van der Waals surface area contributed by atoms with E-state index in [1.165, 1.54) is 103 Å². The van der Waals surface area contributed by atoms with Gasteiger partial charge in [0.15, 0.2) is 0 Å². The molecule has 23 rings (SSSR count). The van der Waals surface area contributed by atoms with E-state index in [2.05, 4.69) is 358 Å². The molecule has 17 aromatic carbocycles. The Morgan fingerprint density at radius 2 is 0.460 bits per heavy atom. The predicted octanol–water partition coefficient (Wildman–Crippen LogP) is 23.2. The van der Waals surface area contributed by atoms with E-state index in [1.807, 2.05) is 30.3 Å². The molecule has 0 aliphatic heterocycles. The Labute approximate surface area is 695 Å². The second-order valence-corrected chi connectivity index (χ2v) is 30.9. The largest absolute Gasteiger partial charge is 1.00 e. The minimum absolute atomic E-state index is 0. The third-order valence-electron chi connectivity index (χ3n) is 23.0. The van der Waals surface area contributed by atoms with Crippen LogP contribution < -0.4 is 51.4 Å². The molecule has 1 aliphatic carbocycles. The van der Waals surface area contributed by atoms with E-state index in [0.29, 0.717) is 11.0 Å². The number of benzene rings is 17. The maximum absolute atomic E-state index is 14.7. The molecule has 0 fully saturated rings. The number of nitrogens with zero attached hydrogens (tertiary/aromatic N) is 5. The molecule has 0 atom stereocenters. The van der Waals surface area contributed by atoms with E-state index < -0.39 is 10.0 Å². The molecule has 0 radical (unpaired) electrons. The van der Waals surface area contributed by atoms with Crippen LogP contribution in [0, 0.1) is 0 Å². The normalized spacial score (nSPS) is 12.0. The molecule has 0 saturated heterocycles. The van der Waals surface area contributed by atoms with Crippen LogP contribution in [0.2, 0.25) is 0 Å². The first kappa shape index (κ1) is 69.5. The molecule has 22 aromatic rings. The molecule has 530 valence electrons. The third-order valence-corrected chi connectivity index (χ3v) is 24.7. The van der Waals surface area contributed by atoms with Gasteiger partial charge >= 0.3 is 51.4 Å². The van der Waals surface area contributed by atoms with E-state index in [-0.39, 0.29) is 61.8 Å². The number of rotatable bonds is 10. The van der Waals surface area contributed by atoms with Gasteiger partial charge in [-0.1, -0.05) is 273 Å². The van der Waals surface area contributed by atoms with Gasteiger partial charge in [0.2, 0.25) is 0 Å². The standard InChI is InChI=1S/C54H35N3O2S.C49H32N2.K.H2O/c58-60(59,42-18-8-3-9-19-42)57-51-30-26-40(55-49-22-12-10-20-43(49)45-28-24-38(32-53(45)55)36-14-4-1-5-15-36)34-47(51)48-35-41(27-31-52(48)57)56-50-23-13-11-21-44(50)46-29-25-39(33-54(46)56)37-16-6-2-7-17-37;1-3-11-32(12-4-1)34-21-25-42-40-15-7-9-17-46(40)50(48(42)28-34)38-23-19-36-27-37-20-24-39(31-45(37)44(36)30-38)51-47-18-10-8-16-41(47)43-26-22-35(29-49(43)51)33-13-5-2-6-14-33;;/h1-35H;1-26,28-31H,27H2;;1H2/q;;+1;/p-1. The van der Waals surface area contributed by atoms with Gasteiger partial charge in [-0.3, -0.25) is 0 Å². The molecular weight excluding hydrogens is 1430 g/mol. The van der Waals surface area contributed by atoms with Crippen molar-refractivity contribution in [2.45, 2.75) is 11.3 Å². The van der Waals surface area contributed by atoms with Gasteiger partial charge < -0.3 is 23.7 Å². The summed E-state index contributed by atoms with van der Waals surface area (Å²) in [6, 6.07) is 139. The maximum Gasteiger partial charge on any atom is 1.00 e. The minimum Gasteiger partial charge on any atom is -0.870 e. The SMILES string of the molecule is O=S(=O)(c1ccccc1)n1c2ccc(-n3c4ccccc4c4ccc(-c5ccccc5)cc43)cc2c2cc(-n3c4ccccc4c4ccc(-c5ccccc5)cc43)ccc21.[K+].[OH-].c1ccc(-c2ccc3c4ccccc4n(-c4ccc5c(c4)-c4cc(-n6c7ccccc7c7ccc(-c8ccccc8)cc76)ccc4C5)c3c2)cc1. The summed E-state index contributed by atoms with van der Waals surface area (Å²) in [4.78, 5) is 0.239. The topological polar surface area (TPSA) is 88.8 Å². The Morgan fingerprint density at radius 3 is 0.770 bits per heavy atom. The minimum atomic E-state index is -3.99. The van der Waals surface area contributed by atoms with Crippen molar-refractivity contribution >= 4 is 119 Å². The molecule has 0 amide bonds. The Bertz CT molecular complexity index is 7250. The van der Waals surface area contributed by atoms with Crippen molar-refractivity contribution in [1.82, 2.24) is 22.2 Å². The second-order valence-electron chi connectivity index (χ2n) is 29.1. The van der Waals surface area contributed by atoms with Gasteiger partial charge in [-0.05, 0) is 195 Å². The number of hydrogen-bond donors (Lipinski definition) is 0. The van der Waals surface area contributed by atoms with Crippen molar-refractivity contribution < 1.29 is 65.3 Å². The summed E-state index contributed by atoms with van der Waals surface area (Å²) in [5, 5.41) is 11.4. The quantitative estimate of drug-likeness (QED) is 0.128. The van der Waals surface area contributed by atoms with Gasteiger partial charge in [0.1, 0.15) is 0 Å².